The lowest BCUT2D eigenvalue weighted by atomic mass is 9.81. The molecular formula is C32H43N3O6. The van der Waals surface area contributed by atoms with Crippen molar-refractivity contribution in [2.45, 2.75) is 76.9 Å². The van der Waals surface area contributed by atoms with E-state index >= 15 is 0 Å². The zero-order valence-electron chi connectivity index (χ0n) is 24.4. The lowest BCUT2D eigenvalue weighted by molar-refractivity contribution is -0.134. The van der Waals surface area contributed by atoms with Crippen molar-refractivity contribution >= 4 is 23.3 Å². The van der Waals surface area contributed by atoms with Crippen LogP contribution in [-0.4, -0.2) is 79.3 Å². The van der Waals surface area contributed by atoms with Gasteiger partial charge in [0.15, 0.2) is 11.6 Å². The molecule has 41 heavy (non-hydrogen) atoms. The number of amides is 1. The van der Waals surface area contributed by atoms with Gasteiger partial charge in [-0.2, -0.15) is 5.26 Å². The molecule has 2 heterocycles. The maximum atomic E-state index is 13.8. The first kappa shape index (κ1) is 31.0. The predicted molar refractivity (Wildman–Crippen MR) is 152 cm³/mol. The van der Waals surface area contributed by atoms with Gasteiger partial charge in [0, 0.05) is 37.8 Å². The third kappa shape index (κ3) is 9.03. The van der Waals surface area contributed by atoms with Crippen molar-refractivity contribution < 1.29 is 28.7 Å². The molecule has 4 rings (SSSR count). The van der Waals surface area contributed by atoms with Crippen LogP contribution in [0.2, 0.25) is 0 Å². The molecule has 1 saturated carbocycles. The van der Waals surface area contributed by atoms with Crippen LogP contribution in [0.4, 0.5) is 0 Å². The first-order valence-corrected chi connectivity index (χ1v) is 15.0. The minimum Gasteiger partial charge on any atom is -0.379 e. The van der Waals surface area contributed by atoms with Gasteiger partial charge in [-0.1, -0.05) is 44.7 Å². The summed E-state index contributed by atoms with van der Waals surface area (Å²) < 4.78 is 10.8. The Morgan fingerprint density at radius 1 is 1.10 bits per heavy atom. The summed E-state index contributed by atoms with van der Waals surface area (Å²) in [6.07, 6.45) is 5.45. The fourth-order valence-corrected chi connectivity index (χ4v) is 6.02. The van der Waals surface area contributed by atoms with Gasteiger partial charge in [0.25, 0.3) is 0 Å². The van der Waals surface area contributed by atoms with Crippen LogP contribution in [0.25, 0.3) is 0 Å². The fourth-order valence-electron chi connectivity index (χ4n) is 6.02. The summed E-state index contributed by atoms with van der Waals surface area (Å²) in [4.78, 5) is 55.1. The number of benzene rings is 1. The van der Waals surface area contributed by atoms with Crippen LogP contribution < -0.4 is 5.32 Å². The number of ketones is 3. The van der Waals surface area contributed by atoms with Crippen molar-refractivity contribution in [1.82, 2.24) is 10.2 Å². The minimum absolute atomic E-state index is 0.0237. The van der Waals surface area contributed by atoms with E-state index in [9.17, 15) is 19.2 Å². The Kier molecular flexibility index (Phi) is 10.8. The first-order valence-electron chi connectivity index (χ1n) is 15.0. The van der Waals surface area contributed by atoms with Gasteiger partial charge in [0.05, 0.1) is 44.0 Å². The molecule has 1 aromatic rings. The quantitative estimate of drug-likeness (QED) is 0.321. The lowest BCUT2D eigenvalue weighted by Crippen LogP contribution is -2.46. The number of nitrogens with one attached hydrogen (secondary N) is 1. The molecule has 0 bridgehead atoms. The Morgan fingerprint density at radius 2 is 1.76 bits per heavy atom. The van der Waals surface area contributed by atoms with Crippen LogP contribution in [-0.2, 0) is 35.1 Å². The van der Waals surface area contributed by atoms with E-state index in [1.165, 1.54) is 0 Å². The summed E-state index contributed by atoms with van der Waals surface area (Å²) in [6.45, 7) is 6.72. The third-order valence-corrected chi connectivity index (χ3v) is 8.72. The first-order chi connectivity index (χ1) is 19.7. The predicted octanol–water partition coefficient (Wildman–Crippen LogP) is 3.03. The van der Waals surface area contributed by atoms with Gasteiger partial charge in [0.2, 0.25) is 5.91 Å². The molecule has 3 fully saturated rings. The number of epoxide rings is 1. The number of nitriles is 1. The molecule has 1 N–H and O–H groups in total. The van der Waals surface area contributed by atoms with Crippen molar-refractivity contribution in [1.29, 1.82) is 5.26 Å². The van der Waals surface area contributed by atoms with Gasteiger partial charge in [-0.15, -0.1) is 0 Å². The van der Waals surface area contributed by atoms with Crippen LogP contribution in [0.1, 0.15) is 69.9 Å². The van der Waals surface area contributed by atoms with Gasteiger partial charge >= 0.3 is 0 Å². The number of hydrogen-bond acceptors (Lipinski definition) is 8. The second kappa shape index (κ2) is 14.3. The summed E-state index contributed by atoms with van der Waals surface area (Å²) in [7, 11) is 0. The normalized spacial score (nSPS) is 23.2. The van der Waals surface area contributed by atoms with Crippen LogP contribution >= 0.6 is 0 Å². The smallest absolute Gasteiger partial charge is 0.223 e. The highest BCUT2D eigenvalue weighted by atomic mass is 16.6. The highest BCUT2D eigenvalue weighted by molar-refractivity contribution is 5.97. The summed E-state index contributed by atoms with van der Waals surface area (Å²) in [6, 6.07) is 8.17. The Hall–Kier alpha value is -2.93. The number of carbonyl (C=O) groups is 4. The summed E-state index contributed by atoms with van der Waals surface area (Å²) in [5.74, 6) is -1.24. The highest BCUT2D eigenvalue weighted by Gasteiger charge is 2.50. The lowest BCUT2D eigenvalue weighted by Gasteiger charge is -2.26. The Balaban J connectivity index is 1.44. The standard InChI is InChI=1S/C32H43N3O6/c1-22(15-27(36)20-35-11-13-40-14-12-35)31(39)34-28(17-24-7-9-25(19-33)10-8-24)29(37)18-26(16-23-5-3-4-6-23)30(38)32(2)21-41-32/h7-10,22-23,26,28H,3-6,11-18,20-21H2,1-2H3,(H,34,39). The Bertz CT molecular complexity index is 1130. The summed E-state index contributed by atoms with van der Waals surface area (Å²) in [5, 5.41) is 12.1. The molecule has 1 amide bonds. The number of rotatable bonds is 15. The SMILES string of the molecule is CC(CC(=O)CN1CCOCC1)C(=O)NC(Cc1ccc(C#N)cc1)C(=O)CC(CC1CCCC1)C(=O)C1(C)CO1. The van der Waals surface area contributed by atoms with Gasteiger partial charge < -0.3 is 14.8 Å². The van der Waals surface area contributed by atoms with E-state index in [-0.39, 0.29) is 49.1 Å². The van der Waals surface area contributed by atoms with Crippen LogP contribution in [0.5, 0.6) is 0 Å². The number of hydrogen-bond donors (Lipinski definition) is 1. The Morgan fingerprint density at radius 3 is 2.37 bits per heavy atom. The molecule has 9 nitrogen and oxygen atoms in total. The molecule has 222 valence electrons. The van der Waals surface area contributed by atoms with E-state index in [0.29, 0.717) is 50.8 Å². The number of nitrogens with zero attached hydrogens (tertiary/aromatic N) is 2. The van der Waals surface area contributed by atoms with Crippen molar-refractivity contribution in [2.24, 2.45) is 17.8 Å². The van der Waals surface area contributed by atoms with Gasteiger partial charge in [-0.25, -0.2) is 0 Å². The van der Waals surface area contributed by atoms with E-state index in [1.807, 2.05) is 4.90 Å². The van der Waals surface area contributed by atoms with E-state index < -0.39 is 23.5 Å². The monoisotopic (exact) mass is 565 g/mol. The Labute approximate surface area is 242 Å². The fraction of sp³-hybridized carbons (Fsp3) is 0.656. The van der Waals surface area contributed by atoms with Crippen molar-refractivity contribution in [2.75, 3.05) is 39.5 Å². The van der Waals surface area contributed by atoms with Crippen LogP contribution in [0.3, 0.4) is 0 Å². The molecule has 4 atom stereocenters. The van der Waals surface area contributed by atoms with Crippen LogP contribution in [0, 0.1) is 29.1 Å². The number of ether oxygens (including phenoxy) is 2. The van der Waals surface area contributed by atoms with Gasteiger partial charge in [-0.3, -0.25) is 24.1 Å². The number of carbonyl (C=O) groups excluding carboxylic acids is 4. The molecule has 0 aromatic heterocycles. The van der Waals surface area contributed by atoms with Crippen molar-refractivity contribution in [3.63, 3.8) is 0 Å². The number of morpholine rings is 1. The molecule has 2 saturated heterocycles. The molecule has 1 aromatic carbocycles. The summed E-state index contributed by atoms with van der Waals surface area (Å²) >= 11 is 0. The molecular weight excluding hydrogens is 522 g/mol. The molecule has 0 spiro atoms. The van der Waals surface area contributed by atoms with Crippen molar-refractivity contribution in [3.8, 4) is 6.07 Å². The second-order valence-corrected chi connectivity index (χ2v) is 12.2. The van der Waals surface area contributed by atoms with Gasteiger partial charge in [-0.05, 0) is 43.4 Å². The molecule has 3 aliphatic rings. The van der Waals surface area contributed by atoms with E-state index in [1.54, 1.807) is 38.1 Å². The maximum absolute atomic E-state index is 13.8. The largest absolute Gasteiger partial charge is 0.379 e. The van der Waals surface area contributed by atoms with E-state index in [2.05, 4.69) is 11.4 Å². The molecule has 2 aliphatic heterocycles. The van der Waals surface area contributed by atoms with Crippen LogP contribution in [0.15, 0.2) is 24.3 Å². The topological polar surface area (TPSA) is 129 Å². The van der Waals surface area contributed by atoms with E-state index in [0.717, 1.165) is 31.2 Å². The number of Topliss-reactive ketones (excluding diaryl/α,β-unsaturated/α-hetero) is 3. The molecule has 1 aliphatic carbocycles. The van der Waals surface area contributed by atoms with E-state index in [4.69, 9.17) is 14.7 Å². The average molecular weight is 566 g/mol. The zero-order chi connectivity index (χ0) is 29.4. The minimum atomic E-state index is -0.848. The van der Waals surface area contributed by atoms with Crippen molar-refractivity contribution in [3.05, 3.63) is 35.4 Å². The second-order valence-electron chi connectivity index (χ2n) is 12.2. The third-order valence-electron chi connectivity index (χ3n) is 8.72. The molecule has 4 unspecified atom stereocenters. The molecule has 0 radical (unpaired) electrons. The molecule has 9 heteroatoms. The summed E-state index contributed by atoms with van der Waals surface area (Å²) in [5.41, 5.74) is 0.493. The maximum Gasteiger partial charge on any atom is 0.223 e. The highest BCUT2D eigenvalue weighted by Crippen LogP contribution is 2.37. The zero-order valence-corrected chi connectivity index (χ0v) is 24.4. The van der Waals surface area contributed by atoms with Gasteiger partial charge in [0.1, 0.15) is 11.4 Å². The average Bonchev–Trinajstić information content (AvgIpc) is 3.51.